The van der Waals surface area contributed by atoms with Crippen LogP contribution >= 0.6 is 0 Å². The Morgan fingerprint density at radius 3 is 2.55 bits per heavy atom. The van der Waals surface area contributed by atoms with Crippen molar-refractivity contribution in [1.29, 1.82) is 0 Å². The van der Waals surface area contributed by atoms with Crippen LogP contribution in [0.25, 0.3) is 0 Å². The number of esters is 1. The van der Waals surface area contributed by atoms with Crippen LogP contribution in [0.15, 0.2) is 28.8 Å². The van der Waals surface area contributed by atoms with E-state index in [1.54, 1.807) is 38.1 Å². The standard InChI is InChI=1S/C15H17N3O4/c1-9(14-17-10(2)18-22-14)21-15(20)13-6-4-12(5-7-13)8-16-11(3)19/h4-7,9H,8H2,1-3H3,(H,16,19). The number of hydrogen-bond donors (Lipinski definition) is 1. The zero-order chi connectivity index (χ0) is 16.1. The van der Waals surface area contributed by atoms with Crippen molar-refractivity contribution in [3.8, 4) is 0 Å². The molecular weight excluding hydrogens is 286 g/mol. The Morgan fingerprint density at radius 2 is 2.00 bits per heavy atom. The molecule has 2 aromatic rings. The summed E-state index contributed by atoms with van der Waals surface area (Å²) in [6.45, 7) is 5.22. The van der Waals surface area contributed by atoms with E-state index >= 15 is 0 Å². The Labute approximate surface area is 127 Å². The summed E-state index contributed by atoms with van der Waals surface area (Å²) in [5.41, 5.74) is 1.31. The van der Waals surface area contributed by atoms with E-state index in [0.29, 0.717) is 17.9 Å². The van der Waals surface area contributed by atoms with Gasteiger partial charge in [0.05, 0.1) is 5.56 Å². The first-order chi connectivity index (χ1) is 10.5. The molecule has 0 fully saturated rings. The minimum Gasteiger partial charge on any atom is -0.449 e. The number of rotatable bonds is 5. The number of aromatic nitrogens is 2. The fourth-order valence-electron chi connectivity index (χ4n) is 1.74. The maximum atomic E-state index is 12.0. The summed E-state index contributed by atoms with van der Waals surface area (Å²) in [5.74, 6) is 0.162. The van der Waals surface area contributed by atoms with Crippen LogP contribution in [0.4, 0.5) is 0 Å². The molecule has 2 rings (SSSR count). The Bertz CT molecular complexity index is 664. The maximum Gasteiger partial charge on any atom is 0.338 e. The first kappa shape index (κ1) is 15.7. The van der Waals surface area contributed by atoms with Gasteiger partial charge in [0.2, 0.25) is 5.91 Å². The van der Waals surface area contributed by atoms with Crippen molar-refractivity contribution in [2.75, 3.05) is 0 Å². The maximum absolute atomic E-state index is 12.0. The van der Waals surface area contributed by atoms with Gasteiger partial charge >= 0.3 is 5.97 Å². The van der Waals surface area contributed by atoms with Crippen molar-refractivity contribution in [2.45, 2.75) is 33.4 Å². The van der Waals surface area contributed by atoms with E-state index in [1.807, 2.05) is 0 Å². The molecule has 7 nitrogen and oxygen atoms in total. The third-order valence-electron chi connectivity index (χ3n) is 2.91. The molecule has 0 aliphatic rings. The number of carbonyl (C=O) groups is 2. The SMILES string of the molecule is CC(=O)NCc1ccc(C(=O)OC(C)c2nc(C)no2)cc1. The zero-order valence-electron chi connectivity index (χ0n) is 12.6. The molecule has 7 heteroatoms. The lowest BCUT2D eigenvalue weighted by Crippen LogP contribution is -2.18. The van der Waals surface area contributed by atoms with Gasteiger partial charge in [0.15, 0.2) is 11.9 Å². The second-order valence-electron chi connectivity index (χ2n) is 4.83. The first-order valence-electron chi connectivity index (χ1n) is 6.80. The van der Waals surface area contributed by atoms with Gasteiger partial charge in [0.25, 0.3) is 5.89 Å². The summed E-state index contributed by atoms with van der Waals surface area (Å²) in [5, 5.41) is 6.34. The van der Waals surface area contributed by atoms with Crippen LogP contribution in [0, 0.1) is 6.92 Å². The largest absolute Gasteiger partial charge is 0.449 e. The number of amides is 1. The molecule has 0 aliphatic carbocycles. The molecule has 1 atom stereocenters. The number of nitrogens with zero attached hydrogens (tertiary/aromatic N) is 2. The van der Waals surface area contributed by atoms with Crippen molar-refractivity contribution in [2.24, 2.45) is 0 Å². The van der Waals surface area contributed by atoms with Crippen LogP contribution in [-0.2, 0) is 16.1 Å². The number of aryl methyl sites for hydroxylation is 1. The van der Waals surface area contributed by atoms with Gasteiger partial charge in [-0.2, -0.15) is 4.98 Å². The molecule has 22 heavy (non-hydrogen) atoms. The Kier molecular flexibility index (Phi) is 4.88. The van der Waals surface area contributed by atoms with E-state index in [4.69, 9.17) is 9.26 Å². The minimum absolute atomic E-state index is 0.104. The van der Waals surface area contributed by atoms with Gasteiger partial charge in [0, 0.05) is 13.5 Å². The Balaban J connectivity index is 1.96. The van der Waals surface area contributed by atoms with E-state index in [-0.39, 0.29) is 11.8 Å². The predicted molar refractivity (Wildman–Crippen MR) is 76.8 cm³/mol. The van der Waals surface area contributed by atoms with Gasteiger partial charge < -0.3 is 14.6 Å². The number of ether oxygens (including phenoxy) is 1. The molecule has 0 radical (unpaired) electrons. The molecule has 0 aliphatic heterocycles. The van der Waals surface area contributed by atoms with Gasteiger partial charge in [-0.1, -0.05) is 17.3 Å². The Hall–Kier alpha value is -2.70. The lowest BCUT2D eigenvalue weighted by Gasteiger charge is -2.09. The van der Waals surface area contributed by atoms with Crippen molar-refractivity contribution in [1.82, 2.24) is 15.5 Å². The Morgan fingerprint density at radius 1 is 1.32 bits per heavy atom. The molecule has 1 unspecified atom stereocenters. The number of hydrogen-bond acceptors (Lipinski definition) is 6. The molecule has 1 N–H and O–H groups in total. The fraction of sp³-hybridized carbons (Fsp3) is 0.333. The highest BCUT2D eigenvalue weighted by Gasteiger charge is 2.18. The highest BCUT2D eigenvalue weighted by Crippen LogP contribution is 2.17. The summed E-state index contributed by atoms with van der Waals surface area (Å²) in [6, 6.07) is 6.80. The van der Waals surface area contributed by atoms with Gasteiger partial charge in [-0.3, -0.25) is 4.79 Å². The van der Waals surface area contributed by atoms with Crippen LogP contribution in [0.3, 0.4) is 0 Å². The highest BCUT2D eigenvalue weighted by atomic mass is 16.6. The topological polar surface area (TPSA) is 94.3 Å². The number of carbonyl (C=O) groups excluding carboxylic acids is 2. The van der Waals surface area contributed by atoms with Crippen molar-refractivity contribution in [3.63, 3.8) is 0 Å². The predicted octanol–water partition coefficient (Wildman–Crippen LogP) is 1.93. The van der Waals surface area contributed by atoms with Gasteiger partial charge in [-0.05, 0) is 31.5 Å². The van der Waals surface area contributed by atoms with Gasteiger partial charge in [-0.25, -0.2) is 4.79 Å². The summed E-state index contributed by atoms with van der Waals surface area (Å²) >= 11 is 0. The first-order valence-corrected chi connectivity index (χ1v) is 6.80. The van der Waals surface area contributed by atoms with Crippen molar-refractivity contribution >= 4 is 11.9 Å². The normalized spacial score (nSPS) is 11.8. The smallest absolute Gasteiger partial charge is 0.338 e. The molecule has 1 aromatic heterocycles. The number of benzene rings is 1. The third-order valence-corrected chi connectivity index (χ3v) is 2.91. The second-order valence-corrected chi connectivity index (χ2v) is 4.83. The fourth-order valence-corrected chi connectivity index (χ4v) is 1.74. The lowest BCUT2D eigenvalue weighted by molar-refractivity contribution is -0.119. The quantitative estimate of drug-likeness (QED) is 0.848. The number of nitrogens with one attached hydrogen (secondary N) is 1. The third kappa shape index (κ3) is 4.15. The molecule has 0 spiro atoms. The van der Waals surface area contributed by atoms with Crippen LogP contribution in [-0.4, -0.2) is 22.0 Å². The van der Waals surface area contributed by atoms with Crippen LogP contribution in [0.1, 0.15) is 47.6 Å². The molecule has 0 saturated heterocycles. The molecule has 0 bridgehead atoms. The molecular formula is C15H17N3O4. The average Bonchev–Trinajstić information content (AvgIpc) is 2.92. The van der Waals surface area contributed by atoms with E-state index in [2.05, 4.69) is 15.5 Å². The zero-order valence-corrected chi connectivity index (χ0v) is 12.6. The molecule has 0 saturated carbocycles. The van der Waals surface area contributed by atoms with Gasteiger partial charge in [0.1, 0.15) is 0 Å². The molecule has 1 aromatic carbocycles. The van der Waals surface area contributed by atoms with Crippen molar-refractivity contribution < 1.29 is 18.8 Å². The van der Waals surface area contributed by atoms with E-state index in [0.717, 1.165) is 5.56 Å². The lowest BCUT2D eigenvalue weighted by atomic mass is 10.1. The van der Waals surface area contributed by atoms with Crippen LogP contribution in [0.5, 0.6) is 0 Å². The summed E-state index contributed by atoms with van der Waals surface area (Å²) in [4.78, 5) is 26.9. The monoisotopic (exact) mass is 303 g/mol. The van der Waals surface area contributed by atoms with Crippen LogP contribution < -0.4 is 5.32 Å². The molecule has 1 heterocycles. The minimum atomic E-state index is -0.618. The van der Waals surface area contributed by atoms with E-state index in [9.17, 15) is 9.59 Å². The van der Waals surface area contributed by atoms with E-state index in [1.165, 1.54) is 6.92 Å². The van der Waals surface area contributed by atoms with E-state index < -0.39 is 12.1 Å². The highest BCUT2D eigenvalue weighted by molar-refractivity contribution is 5.89. The summed E-state index contributed by atoms with van der Waals surface area (Å²) in [6.07, 6.45) is -0.618. The molecule has 1 amide bonds. The van der Waals surface area contributed by atoms with Crippen molar-refractivity contribution in [3.05, 3.63) is 47.1 Å². The van der Waals surface area contributed by atoms with Crippen LogP contribution in [0.2, 0.25) is 0 Å². The summed E-state index contributed by atoms with van der Waals surface area (Å²) in [7, 11) is 0. The molecule has 116 valence electrons. The average molecular weight is 303 g/mol. The van der Waals surface area contributed by atoms with Gasteiger partial charge in [-0.15, -0.1) is 0 Å². The second kappa shape index (κ2) is 6.84. The summed E-state index contributed by atoms with van der Waals surface area (Å²) < 4.78 is 10.2.